The molecule has 0 unspecified atom stereocenters. The van der Waals surface area contributed by atoms with Crippen LogP contribution in [0.15, 0.2) is 95.8 Å². The second-order valence-corrected chi connectivity index (χ2v) is 7.42. The molecule has 2 aromatic carbocycles. The number of hydrogen-bond donors (Lipinski definition) is 1. The van der Waals surface area contributed by atoms with Gasteiger partial charge in [-0.05, 0) is 23.6 Å². The first-order valence-electron chi connectivity index (χ1n) is 10.4. The Morgan fingerprint density at radius 1 is 0.875 bits per heavy atom. The predicted molar refractivity (Wildman–Crippen MR) is 126 cm³/mol. The zero-order chi connectivity index (χ0) is 21.8. The van der Waals surface area contributed by atoms with Crippen LogP contribution in [0.2, 0.25) is 0 Å². The van der Waals surface area contributed by atoms with E-state index in [1.54, 1.807) is 12.4 Å². The van der Waals surface area contributed by atoms with Crippen molar-refractivity contribution in [1.29, 1.82) is 5.26 Å². The van der Waals surface area contributed by atoms with Gasteiger partial charge < -0.3 is 9.73 Å². The van der Waals surface area contributed by atoms with Gasteiger partial charge in [-0.3, -0.25) is 4.98 Å². The van der Waals surface area contributed by atoms with Crippen LogP contribution in [-0.4, -0.2) is 16.5 Å². The molecule has 5 heteroatoms. The minimum absolute atomic E-state index is 0.487. The fraction of sp³-hybridized carbons (Fsp3) is 0.0741. The number of nitrogens with one attached hydrogen (secondary N) is 1. The first-order valence-corrected chi connectivity index (χ1v) is 10.4. The number of benzene rings is 2. The van der Waals surface area contributed by atoms with Crippen LogP contribution < -0.4 is 5.32 Å². The summed E-state index contributed by atoms with van der Waals surface area (Å²) in [4.78, 5) is 8.65. The number of nitrogens with zero attached hydrogens (tertiary/aromatic N) is 3. The van der Waals surface area contributed by atoms with Crippen molar-refractivity contribution in [2.75, 3.05) is 11.9 Å². The number of rotatable bonds is 6. The molecule has 3 heterocycles. The first kappa shape index (κ1) is 19.5. The lowest BCUT2D eigenvalue weighted by atomic mass is 9.97. The molecule has 154 valence electrons. The van der Waals surface area contributed by atoms with Gasteiger partial charge in [0.2, 0.25) is 5.71 Å². The molecule has 3 aromatic heterocycles. The highest BCUT2D eigenvalue weighted by Crippen LogP contribution is 2.44. The Kier molecular flexibility index (Phi) is 5.34. The number of aromatic nitrogens is 2. The van der Waals surface area contributed by atoms with Gasteiger partial charge in [0.15, 0.2) is 0 Å². The highest BCUT2D eigenvalue weighted by atomic mass is 16.3. The summed E-state index contributed by atoms with van der Waals surface area (Å²) in [7, 11) is 0. The maximum Gasteiger partial charge on any atom is 0.229 e. The Morgan fingerprint density at radius 3 is 2.31 bits per heavy atom. The van der Waals surface area contributed by atoms with Gasteiger partial charge in [0.05, 0.1) is 22.8 Å². The van der Waals surface area contributed by atoms with Crippen molar-refractivity contribution in [3.8, 4) is 28.5 Å². The fourth-order valence-electron chi connectivity index (χ4n) is 3.88. The largest absolute Gasteiger partial charge is 0.437 e. The fourth-order valence-corrected chi connectivity index (χ4v) is 3.88. The van der Waals surface area contributed by atoms with Gasteiger partial charge >= 0.3 is 0 Å². The highest BCUT2D eigenvalue weighted by Gasteiger charge is 2.23. The molecule has 0 saturated carbocycles. The summed E-state index contributed by atoms with van der Waals surface area (Å²) >= 11 is 0. The SMILES string of the molecule is N#Cc1cnc2oc(-c3ccccc3)c(-c3ccccc3)c2c1NCCc1cccnc1. The number of furan rings is 1. The Morgan fingerprint density at radius 2 is 1.62 bits per heavy atom. The molecular formula is C27H20N4O. The Bertz CT molecular complexity index is 1390. The topological polar surface area (TPSA) is 74.7 Å². The molecule has 0 saturated heterocycles. The summed E-state index contributed by atoms with van der Waals surface area (Å²) in [6.45, 7) is 0.652. The number of pyridine rings is 2. The van der Waals surface area contributed by atoms with Crippen LogP contribution >= 0.6 is 0 Å². The van der Waals surface area contributed by atoms with Crippen molar-refractivity contribution >= 4 is 16.8 Å². The summed E-state index contributed by atoms with van der Waals surface area (Å²) in [5.74, 6) is 0.740. The zero-order valence-electron chi connectivity index (χ0n) is 17.3. The quantitative estimate of drug-likeness (QED) is 0.363. The van der Waals surface area contributed by atoms with Crippen molar-refractivity contribution in [3.05, 3.63) is 103 Å². The Labute approximate surface area is 186 Å². The molecule has 5 aromatic rings. The molecule has 0 aliphatic carbocycles. The second-order valence-electron chi connectivity index (χ2n) is 7.42. The van der Waals surface area contributed by atoms with Gasteiger partial charge in [-0.15, -0.1) is 0 Å². The van der Waals surface area contributed by atoms with Crippen LogP contribution in [0.25, 0.3) is 33.6 Å². The van der Waals surface area contributed by atoms with E-state index in [1.165, 1.54) is 0 Å². The van der Waals surface area contributed by atoms with Gasteiger partial charge in [0.25, 0.3) is 0 Å². The summed E-state index contributed by atoms with van der Waals surface area (Å²) < 4.78 is 6.27. The van der Waals surface area contributed by atoms with Gasteiger partial charge in [-0.25, -0.2) is 4.98 Å². The molecule has 0 spiro atoms. The summed E-state index contributed by atoms with van der Waals surface area (Å²) in [5, 5.41) is 14.1. The van der Waals surface area contributed by atoms with Crippen molar-refractivity contribution in [2.45, 2.75) is 6.42 Å². The number of hydrogen-bond acceptors (Lipinski definition) is 5. The average molecular weight is 416 g/mol. The summed E-state index contributed by atoms with van der Waals surface area (Å²) in [5.41, 5.74) is 5.77. The van der Waals surface area contributed by atoms with Gasteiger partial charge in [0, 0.05) is 30.1 Å². The predicted octanol–water partition coefficient (Wildman–Crippen LogP) is 6.08. The van der Waals surface area contributed by atoms with E-state index in [4.69, 9.17) is 4.42 Å². The molecule has 5 rings (SSSR count). The minimum atomic E-state index is 0.487. The summed E-state index contributed by atoms with van der Waals surface area (Å²) in [6.07, 6.45) is 5.98. The molecule has 0 amide bonds. The van der Waals surface area contributed by atoms with Crippen molar-refractivity contribution < 1.29 is 4.42 Å². The van der Waals surface area contributed by atoms with Crippen LogP contribution in [-0.2, 0) is 6.42 Å². The third-order valence-electron chi connectivity index (χ3n) is 5.38. The lowest BCUT2D eigenvalue weighted by Crippen LogP contribution is -2.07. The molecule has 0 aliphatic rings. The van der Waals surface area contributed by atoms with Crippen LogP contribution in [0.5, 0.6) is 0 Å². The molecule has 0 atom stereocenters. The number of fused-ring (bicyclic) bond motifs is 1. The second kappa shape index (κ2) is 8.75. The third-order valence-corrected chi connectivity index (χ3v) is 5.38. The average Bonchev–Trinajstić information content (AvgIpc) is 3.26. The number of nitriles is 1. The standard InChI is InChI=1S/C27H20N4O/c28-16-22-18-31-27-24(25(22)30-15-13-19-8-7-14-29-17-19)23(20-9-3-1-4-10-20)26(32-27)21-11-5-2-6-12-21/h1-12,14,17-18H,13,15H2,(H,30,31). The van der Waals surface area contributed by atoms with Gasteiger partial charge in [-0.1, -0.05) is 66.7 Å². The van der Waals surface area contributed by atoms with Gasteiger partial charge in [0.1, 0.15) is 11.8 Å². The van der Waals surface area contributed by atoms with Crippen LogP contribution in [0.3, 0.4) is 0 Å². The van der Waals surface area contributed by atoms with Crippen LogP contribution in [0.1, 0.15) is 11.1 Å². The maximum absolute atomic E-state index is 9.81. The lowest BCUT2D eigenvalue weighted by Gasteiger charge is -2.11. The third kappa shape index (κ3) is 3.70. The van der Waals surface area contributed by atoms with E-state index in [-0.39, 0.29) is 0 Å². The van der Waals surface area contributed by atoms with E-state index in [1.807, 2.05) is 66.9 Å². The van der Waals surface area contributed by atoms with E-state index in [0.29, 0.717) is 17.8 Å². The van der Waals surface area contributed by atoms with Crippen molar-refractivity contribution in [1.82, 2.24) is 9.97 Å². The zero-order valence-corrected chi connectivity index (χ0v) is 17.3. The minimum Gasteiger partial charge on any atom is -0.437 e. The maximum atomic E-state index is 9.81. The van der Waals surface area contributed by atoms with Crippen LogP contribution in [0, 0.1) is 11.3 Å². The monoisotopic (exact) mass is 416 g/mol. The molecule has 32 heavy (non-hydrogen) atoms. The van der Waals surface area contributed by atoms with E-state index in [0.717, 1.165) is 45.5 Å². The normalized spacial score (nSPS) is 10.7. The Hall–Kier alpha value is -4.43. The van der Waals surface area contributed by atoms with E-state index in [9.17, 15) is 5.26 Å². The van der Waals surface area contributed by atoms with E-state index >= 15 is 0 Å². The molecule has 1 N–H and O–H groups in total. The molecule has 0 fully saturated rings. The molecule has 0 radical (unpaired) electrons. The lowest BCUT2D eigenvalue weighted by molar-refractivity contribution is 0.619. The van der Waals surface area contributed by atoms with Gasteiger partial charge in [-0.2, -0.15) is 5.26 Å². The first-order chi connectivity index (χ1) is 15.8. The molecule has 5 nitrogen and oxygen atoms in total. The van der Waals surface area contributed by atoms with Crippen molar-refractivity contribution in [2.24, 2.45) is 0 Å². The van der Waals surface area contributed by atoms with E-state index < -0.39 is 0 Å². The molecule has 0 aliphatic heterocycles. The van der Waals surface area contributed by atoms with Crippen molar-refractivity contribution in [3.63, 3.8) is 0 Å². The number of anilines is 1. The Balaban J connectivity index is 1.67. The van der Waals surface area contributed by atoms with E-state index in [2.05, 4.69) is 33.5 Å². The molecule has 0 bridgehead atoms. The van der Waals surface area contributed by atoms with Crippen LogP contribution in [0.4, 0.5) is 5.69 Å². The molecular weight excluding hydrogens is 396 g/mol. The smallest absolute Gasteiger partial charge is 0.229 e. The summed E-state index contributed by atoms with van der Waals surface area (Å²) in [6, 6.07) is 26.3. The highest BCUT2D eigenvalue weighted by molar-refractivity contribution is 6.08.